The van der Waals surface area contributed by atoms with Crippen LogP contribution in [-0.2, 0) is 21.0 Å². The Balaban J connectivity index is 0.000000286. The first-order valence-electron chi connectivity index (χ1n) is 9.84. The molecule has 1 amide bonds. The van der Waals surface area contributed by atoms with Crippen molar-refractivity contribution in [3.05, 3.63) is 114 Å². The molecule has 0 saturated heterocycles. The van der Waals surface area contributed by atoms with Crippen LogP contribution in [0.25, 0.3) is 10.8 Å². The van der Waals surface area contributed by atoms with Crippen molar-refractivity contribution >= 4 is 28.8 Å². The summed E-state index contributed by atoms with van der Waals surface area (Å²) < 4.78 is 8.19. The SMILES string of the molecule is O/C(=N\N=C\c1c(O)ccc2ccccc12)c1ccccc1.O=C(NO)c1ccccc1.[O]=[V]. The second-order valence-electron chi connectivity index (χ2n) is 6.56. The van der Waals surface area contributed by atoms with Gasteiger partial charge in [0, 0.05) is 16.7 Å². The first kappa shape index (κ1) is 26.1. The first-order chi connectivity index (χ1) is 16.6. The molecule has 9 heteroatoms. The van der Waals surface area contributed by atoms with Gasteiger partial charge in [-0.05, 0) is 41.1 Å². The molecule has 0 atom stereocenters. The van der Waals surface area contributed by atoms with Crippen LogP contribution in [0.4, 0.5) is 0 Å². The number of aliphatic hydroxyl groups is 1. The van der Waals surface area contributed by atoms with Crippen LogP contribution in [0, 0.1) is 0 Å². The molecule has 0 saturated carbocycles. The molecule has 0 spiro atoms. The van der Waals surface area contributed by atoms with E-state index in [1.807, 2.05) is 36.4 Å². The summed E-state index contributed by atoms with van der Waals surface area (Å²) in [4.78, 5) is 10.7. The minimum absolute atomic E-state index is 0.122. The van der Waals surface area contributed by atoms with Crippen LogP contribution >= 0.6 is 0 Å². The molecule has 0 aliphatic carbocycles. The molecule has 0 radical (unpaired) electrons. The molecule has 34 heavy (non-hydrogen) atoms. The molecule has 171 valence electrons. The predicted octanol–water partition coefficient (Wildman–Crippen LogP) is 4.57. The third-order valence-electron chi connectivity index (χ3n) is 4.46. The summed E-state index contributed by atoms with van der Waals surface area (Å²) in [6, 6.07) is 28.6. The average molecular weight is 494 g/mol. The second kappa shape index (κ2) is 14.1. The van der Waals surface area contributed by atoms with Gasteiger partial charge in [-0.3, -0.25) is 10.0 Å². The van der Waals surface area contributed by atoms with E-state index in [4.69, 9.17) is 8.88 Å². The van der Waals surface area contributed by atoms with Crippen LogP contribution in [0.3, 0.4) is 0 Å². The second-order valence-corrected chi connectivity index (χ2v) is 6.56. The van der Waals surface area contributed by atoms with E-state index in [1.54, 1.807) is 66.1 Å². The maximum atomic E-state index is 10.7. The van der Waals surface area contributed by atoms with Crippen LogP contribution in [0.15, 0.2) is 107 Å². The van der Waals surface area contributed by atoms with E-state index in [9.17, 15) is 15.0 Å². The molecule has 8 nitrogen and oxygen atoms in total. The normalized spacial score (nSPS) is 10.5. The Hall–Kier alpha value is -4.11. The first-order valence-corrected chi connectivity index (χ1v) is 10.4. The fourth-order valence-electron chi connectivity index (χ4n) is 2.86. The van der Waals surface area contributed by atoms with Gasteiger partial charge in [-0.15, -0.1) is 5.10 Å². The van der Waals surface area contributed by atoms with Crippen LogP contribution < -0.4 is 5.48 Å². The molecule has 0 heterocycles. The number of hydroxylamine groups is 1. The van der Waals surface area contributed by atoms with Gasteiger partial charge in [-0.25, -0.2) is 5.48 Å². The van der Waals surface area contributed by atoms with Crippen LogP contribution in [-0.4, -0.2) is 33.4 Å². The number of nitrogens with zero attached hydrogens (tertiary/aromatic N) is 2. The van der Waals surface area contributed by atoms with Crippen LogP contribution in [0.5, 0.6) is 5.75 Å². The molecule has 4 aromatic carbocycles. The van der Waals surface area contributed by atoms with Crippen LogP contribution in [0.1, 0.15) is 21.5 Å². The summed E-state index contributed by atoms with van der Waals surface area (Å²) in [7, 11) is 0. The zero-order chi connectivity index (χ0) is 24.8. The van der Waals surface area contributed by atoms with Gasteiger partial charge >= 0.3 is 21.0 Å². The van der Waals surface area contributed by atoms with Crippen molar-refractivity contribution in [1.29, 1.82) is 0 Å². The van der Waals surface area contributed by atoms with E-state index in [1.165, 1.54) is 6.21 Å². The Labute approximate surface area is 205 Å². The van der Waals surface area contributed by atoms with E-state index in [0.717, 1.165) is 28.1 Å². The number of hydrogen-bond donors (Lipinski definition) is 4. The molecule has 0 unspecified atom stereocenters. The predicted molar refractivity (Wildman–Crippen MR) is 125 cm³/mol. The van der Waals surface area contributed by atoms with Gasteiger partial charge in [0.15, 0.2) is 0 Å². The average Bonchev–Trinajstić information content (AvgIpc) is 2.92. The van der Waals surface area contributed by atoms with E-state index in [0.29, 0.717) is 16.7 Å². The number of carbonyl (C=O) groups is 1. The van der Waals surface area contributed by atoms with E-state index in [-0.39, 0.29) is 11.6 Å². The fourth-order valence-corrected chi connectivity index (χ4v) is 2.86. The number of benzene rings is 4. The van der Waals surface area contributed by atoms with Gasteiger partial charge < -0.3 is 10.2 Å². The van der Waals surface area contributed by atoms with Crippen molar-refractivity contribution in [2.45, 2.75) is 0 Å². The fraction of sp³-hybridized carbons (Fsp3) is 0. The number of carbonyl (C=O) groups excluding carboxylic acids is 1. The Kier molecular flexibility index (Phi) is 10.9. The number of rotatable bonds is 4. The van der Waals surface area contributed by atoms with Crippen molar-refractivity contribution < 1.29 is 41.3 Å². The zero-order valence-electron chi connectivity index (χ0n) is 17.8. The zero-order valence-corrected chi connectivity index (χ0v) is 19.2. The summed E-state index contributed by atoms with van der Waals surface area (Å²) in [5.41, 5.74) is 3.15. The van der Waals surface area contributed by atoms with Crippen LogP contribution in [0.2, 0.25) is 0 Å². The molecule has 4 aromatic rings. The molecule has 0 aliphatic rings. The Morgan fingerprint density at radius 1 is 0.794 bits per heavy atom. The summed E-state index contributed by atoms with van der Waals surface area (Å²) in [6.07, 6.45) is 1.44. The molecule has 0 aliphatic heterocycles. The van der Waals surface area contributed by atoms with Gasteiger partial charge in [0.2, 0.25) is 5.90 Å². The molecule has 0 fully saturated rings. The number of nitrogens with one attached hydrogen (secondary N) is 1. The molecule has 4 N–H and O–H groups in total. The van der Waals surface area contributed by atoms with Crippen molar-refractivity contribution in [2.24, 2.45) is 10.2 Å². The van der Waals surface area contributed by atoms with Crippen molar-refractivity contribution in [1.82, 2.24) is 5.48 Å². The Bertz CT molecular complexity index is 1270. The molecule has 4 rings (SSSR count). The van der Waals surface area contributed by atoms with Gasteiger partial charge in [-0.2, -0.15) is 5.10 Å². The summed E-state index contributed by atoms with van der Waals surface area (Å²) >= 11 is 1.06. The number of phenolic OH excluding ortho intramolecular Hbond substituents is 1. The Morgan fingerprint density at radius 2 is 1.35 bits per heavy atom. The topological polar surface area (TPSA) is 132 Å². The number of phenols is 1. The van der Waals surface area contributed by atoms with Gasteiger partial charge in [0.25, 0.3) is 5.91 Å². The summed E-state index contributed by atoms with van der Waals surface area (Å²) in [5, 5.41) is 37.6. The number of hydrogen-bond acceptors (Lipinski definition) is 6. The summed E-state index contributed by atoms with van der Waals surface area (Å²) in [6.45, 7) is 0. The molecular weight excluding hydrogens is 473 g/mol. The number of aromatic hydroxyl groups is 1. The number of fused-ring (bicyclic) bond motifs is 1. The van der Waals surface area contributed by atoms with Crippen molar-refractivity contribution in [3.8, 4) is 5.75 Å². The van der Waals surface area contributed by atoms with E-state index < -0.39 is 5.91 Å². The third-order valence-corrected chi connectivity index (χ3v) is 4.46. The van der Waals surface area contributed by atoms with Gasteiger partial charge in [0.1, 0.15) is 5.75 Å². The molecular formula is C25H21N3O5V. The molecule has 0 aromatic heterocycles. The molecule has 0 bridgehead atoms. The van der Waals surface area contributed by atoms with Crippen molar-refractivity contribution in [3.63, 3.8) is 0 Å². The minimum atomic E-state index is -0.486. The van der Waals surface area contributed by atoms with E-state index >= 15 is 0 Å². The third kappa shape index (κ3) is 7.49. The quantitative estimate of drug-likeness (QED) is 0.143. The number of aliphatic hydroxyl groups excluding tert-OH is 1. The van der Waals surface area contributed by atoms with Crippen molar-refractivity contribution in [2.75, 3.05) is 0 Å². The van der Waals surface area contributed by atoms with E-state index in [2.05, 4.69) is 10.2 Å². The monoisotopic (exact) mass is 494 g/mol. The van der Waals surface area contributed by atoms with Gasteiger partial charge in [-0.1, -0.05) is 66.7 Å². The maximum absolute atomic E-state index is 10.7. The standard InChI is InChI=1S/C18H14N2O2.C7H7NO2.O.V/c21-17-11-10-13-6-4-5-9-15(13)16(17)12-19-20-18(22)14-7-2-1-3-8-14;9-7(8-10)6-4-2-1-3-5-6;;/h1-12,21H,(H,20,22);1-5,10H,(H,8,9);;/b19-12+;;;. The van der Waals surface area contributed by atoms with Gasteiger partial charge in [0.05, 0.1) is 6.21 Å². The number of amides is 1. The Morgan fingerprint density at radius 3 is 1.97 bits per heavy atom. The summed E-state index contributed by atoms with van der Waals surface area (Å²) in [5.74, 6) is -0.533.